The van der Waals surface area contributed by atoms with Crippen LogP contribution < -0.4 is 9.47 Å². The Kier molecular flexibility index (Phi) is 8.40. The third-order valence-corrected chi connectivity index (χ3v) is 4.98. The molecule has 0 spiro atoms. The zero-order valence-electron chi connectivity index (χ0n) is 19.4. The average Bonchev–Trinajstić information content (AvgIpc) is 2.84. The molecule has 0 radical (unpaired) electrons. The number of nitrogens with zero attached hydrogens (tertiary/aromatic N) is 1. The molecule has 0 saturated heterocycles. The standard InChI is InChI=1S/C27H27NO6/c1-4-32-24-13-5-20(6-14-24)17-28(3)26(30)18-33-27(31)23-9-7-21(8-10-23)22-11-15-25(16-12-22)34-19(2)29/h5-16H,4,17-18H2,1-3H3. The third-order valence-electron chi connectivity index (χ3n) is 4.98. The fraction of sp³-hybridized carbons (Fsp3) is 0.222. The van der Waals surface area contributed by atoms with Crippen LogP contribution in [0.25, 0.3) is 11.1 Å². The lowest BCUT2D eigenvalue weighted by molar-refractivity contribution is -0.134. The van der Waals surface area contributed by atoms with Gasteiger partial charge in [0.25, 0.3) is 5.91 Å². The Morgan fingerprint density at radius 3 is 1.91 bits per heavy atom. The molecule has 3 aromatic carbocycles. The van der Waals surface area contributed by atoms with Crippen LogP contribution >= 0.6 is 0 Å². The Balaban J connectivity index is 1.51. The molecule has 0 fully saturated rings. The molecule has 0 atom stereocenters. The third kappa shape index (κ3) is 6.93. The lowest BCUT2D eigenvalue weighted by atomic mass is 10.0. The van der Waals surface area contributed by atoms with E-state index in [2.05, 4.69) is 0 Å². The lowest BCUT2D eigenvalue weighted by Crippen LogP contribution is -2.30. The summed E-state index contributed by atoms with van der Waals surface area (Å²) in [6, 6.07) is 21.4. The van der Waals surface area contributed by atoms with Crippen molar-refractivity contribution < 1.29 is 28.6 Å². The van der Waals surface area contributed by atoms with Gasteiger partial charge in [0.1, 0.15) is 11.5 Å². The molecular weight excluding hydrogens is 434 g/mol. The Bertz CT molecular complexity index is 1120. The van der Waals surface area contributed by atoms with Gasteiger partial charge >= 0.3 is 11.9 Å². The summed E-state index contributed by atoms with van der Waals surface area (Å²) in [6.07, 6.45) is 0. The maximum Gasteiger partial charge on any atom is 0.338 e. The first-order valence-electron chi connectivity index (χ1n) is 10.9. The van der Waals surface area contributed by atoms with Crippen LogP contribution in [0.4, 0.5) is 0 Å². The highest BCUT2D eigenvalue weighted by Crippen LogP contribution is 2.23. The Morgan fingerprint density at radius 2 is 1.35 bits per heavy atom. The number of rotatable bonds is 9. The van der Waals surface area contributed by atoms with Gasteiger partial charge in [-0.1, -0.05) is 36.4 Å². The molecule has 0 N–H and O–H groups in total. The SMILES string of the molecule is CCOc1ccc(CN(C)C(=O)COC(=O)c2ccc(-c3ccc(OC(C)=O)cc3)cc2)cc1. The first-order valence-corrected chi connectivity index (χ1v) is 10.9. The van der Waals surface area contributed by atoms with Crippen LogP contribution in [0, 0.1) is 0 Å². The molecule has 0 unspecified atom stereocenters. The summed E-state index contributed by atoms with van der Waals surface area (Å²) in [4.78, 5) is 37.3. The molecule has 7 heteroatoms. The minimum absolute atomic E-state index is 0.299. The molecule has 34 heavy (non-hydrogen) atoms. The van der Waals surface area contributed by atoms with Crippen molar-refractivity contribution in [2.45, 2.75) is 20.4 Å². The fourth-order valence-corrected chi connectivity index (χ4v) is 3.22. The summed E-state index contributed by atoms with van der Waals surface area (Å²) in [5.41, 5.74) is 3.09. The number of benzene rings is 3. The number of carbonyl (C=O) groups is 3. The maximum absolute atomic E-state index is 12.4. The van der Waals surface area contributed by atoms with Crippen molar-refractivity contribution in [2.24, 2.45) is 0 Å². The van der Waals surface area contributed by atoms with Crippen molar-refractivity contribution >= 4 is 17.8 Å². The van der Waals surface area contributed by atoms with Gasteiger partial charge in [0, 0.05) is 20.5 Å². The van der Waals surface area contributed by atoms with E-state index >= 15 is 0 Å². The van der Waals surface area contributed by atoms with Crippen molar-refractivity contribution in [3.63, 3.8) is 0 Å². The second-order valence-electron chi connectivity index (χ2n) is 7.60. The molecular formula is C27H27NO6. The Hall–Kier alpha value is -4.13. The van der Waals surface area contributed by atoms with Gasteiger partial charge in [0.2, 0.25) is 0 Å². The fourth-order valence-electron chi connectivity index (χ4n) is 3.22. The van der Waals surface area contributed by atoms with Crippen LogP contribution in [-0.4, -0.2) is 43.0 Å². The van der Waals surface area contributed by atoms with Gasteiger partial charge in [-0.05, 0) is 60.0 Å². The number of hydrogen-bond donors (Lipinski definition) is 0. The monoisotopic (exact) mass is 461 g/mol. The van der Waals surface area contributed by atoms with Gasteiger partial charge in [0.05, 0.1) is 12.2 Å². The minimum Gasteiger partial charge on any atom is -0.494 e. The quantitative estimate of drug-likeness (QED) is 0.345. The van der Waals surface area contributed by atoms with Crippen LogP contribution in [0.5, 0.6) is 11.5 Å². The molecule has 0 saturated carbocycles. The van der Waals surface area contributed by atoms with Crippen LogP contribution in [-0.2, 0) is 20.9 Å². The molecule has 0 bridgehead atoms. The van der Waals surface area contributed by atoms with Gasteiger partial charge in [-0.25, -0.2) is 4.79 Å². The van der Waals surface area contributed by atoms with Crippen molar-refractivity contribution in [1.82, 2.24) is 4.90 Å². The first-order chi connectivity index (χ1) is 16.4. The van der Waals surface area contributed by atoms with E-state index in [9.17, 15) is 14.4 Å². The largest absolute Gasteiger partial charge is 0.494 e. The number of hydrogen-bond acceptors (Lipinski definition) is 6. The van der Waals surface area contributed by atoms with Crippen LogP contribution in [0.2, 0.25) is 0 Å². The summed E-state index contributed by atoms with van der Waals surface area (Å²) in [5, 5.41) is 0. The van der Waals surface area contributed by atoms with E-state index in [0.717, 1.165) is 22.4 Å². The predicted octanol–water partition coefficient (Wildman–Crippen LogP) is 4.49. The van der Waals surface area contributed by atoms with Gasteiger partial charge < -0.3 is 19.1 Å². The van der Waals surface area contributed by atoms with E-state index in [-0.39, 0.29) is 18.5 Å². The topological polar surface area (TPSA) is 82.1 Å². The van der Waals surface area contributed by atoms with E-state index < -0.39 is 5.97 Å². The molecule has 7 nitrogen and oxygen atoms in total. The average molecular weight is 462 g/mol. The number of ether oxygens (including phenoxy) is 3. The minimum atomic E-state index is -0.570. The van der Waals surface area contributed by atoms with E-state index in [4.69, 9.17) is 14.2 Å². The predicted molar refractivity (Wildman–Crippen MR) is 128 cm³/mol. The molecule has 1 amide bonds. The molecule has 0 aliphatic carbocycles. The summed E-state index contributed by atoms with van der Waals surface area (Å²) in [5.74, 6) is -0.00412. The smallest absolute Gasteiger partial charge is 0.338 e. The van der Waals surface area contributed by atoms with Crippen molar-refractivity contribution in [2.75, 3.05) is 20.3 Å². The van der Waals surface area contributed by atoms with Gasteiger partial charge in [-0.2, -0.15) is 0 Å². The molecule has 3 rings (SSSR count). The van der Waals surface area contributed by atoms with E-state index in [1.54, 1.807) is 43.4 Å². The summed E-state index contributed by atoms with van der Waals surface area (Å²) < 4.78 is 15.6. The number of carbonyl (C=O) groups excluding carboxylic acids is 3. The summed E-state index contributed by atoms with van der Waals surface area (Å²) in [7, 11) is 1.66. The Labute approximate surface area is 198 Å². The van der Waals surface area contributed by atoms with Gasteiger partial charge in [-0.3, -0.25) is 9.59 Å². The van der Waals surface area contributed by atoms with Crippen LogP contribution in [0.3, 0.4) is 0 Å². The number of esters is 2. The van der Waals surface area contributed by atoms with E-state index in [1.165, 1.54) is 11.8 Å². The molecule has 0 aliphatic rings. The maximum atomic E-state index is 12.4. The highest BCUT2D eigenvalue weighted by molar-refractivity contribution is 5.91. The number of likely N-dealkylation sites (N-methyl/N-ethyl adjacent to an activating group) is 1. The second-order valence-corrected chi connectivity index (χ2v) is 7.60. The molecule has 0 heterocycles. The zero-order chi connectivity index (χ0) is 24.5. The second kappa shape index (κ2) is 11.7. The summed E-state index contributed by atoms with van der Waals surface area (Å²) >= 11 is 0. The van der Waals surface area contributed by atoms with Crippen molar-refractivity contribution in [3.8, 4) is 22.6 Å². The van der Waals surface area contributed by atoms with Gasteiger partial charge in [-0.15, -0.1) is 0 Å². The van der Waals surface area contributed by atoms with Crippen molar-refractivity contribution in [1.29, 1.82) is 0 Å². The van der Waals surface area contributed by atoms with E-state index in [0.29, 0.717) is 24.5 Å². The van der Waals surface area contributed by atoms with Crippen molar-refractivity contribution in [3.05, 3.63) is 83.9 Å². The summed E-state index contributed by atoms with van der Waals surface area (Å²) in [6.45, 7) is 3.91. The highest BCUT2D eigenvalue weighted by atomic mass is 16.5. The van der Waals surface area contributed by atoms with Crippen LogP contribution in [0.15, 0.2) is 72.8 Å². The zero-order valence-corrected chi connectivity index (χ0v) is 19.4. The Morgan fingerprint density at radius 1 is 0.794 bits per heavy atom. The van der Waals surface area contributed by atoms with Gasteiger partial charge in [0.15, 0.2) is 6.61 Å². The molecule has 0 aliphatic heterocycles. The normalized spacial score (nSPS) is 10.3. The molecule has 0 aromatic heterocycles. The molecule has 176 valence electrons. The highest BCUT2D eigenvalue weighted by Gasteiger charge is 2.14. The first kappa shape index (κ1) is 24.5. The lowest BCUT2D eigenvalue weighted by Gasteiger charge is -2.17. The van der Waals surface area contributed by atoms with E-state index in [1.807, 2.05) is 43.3 Å². The number of amides is 1. The van der Waals surface area contributed by atoms with Crippen LogP contribution in [0.1, 0.15) is 29.8 Å². The molecule has 3 aromatic rings.